The largest absolute Gasteiger partial charge is 0.324 e. The molecule has 0 aliphatic heterocycles. The maximum Gasteiger partial charge on any atom is 0.247 e. The van der Waals surface area contributed by atoms with Crippen LogP contribution in [0, 0.1) is 4.77 Å². The molecule has 0 bridgehead atoms. The molecule has 1 aromatic carbocycles. The van der Waals surface area contributed by atoms with E-state index in [1.54, 1.807) is 35.8 Å². The highest BCUT2D eigenvalue weighted by Gasteiger charge is 2.21. The average molecular weight is 464 g/mol. The van der Waals surface area contributed by atoms with E-state index in [1.807, 2.05) is 17.5 Å². The fourth-order valence-electron chi connectivity index (χ4n) is 2.75. The first-order chi connectivity index (χ1) is 14.3. The molecule has 0 saturated heterocycles. The summed E-state index contributed by atoms with van der Waals surface area (Å²) in [7, 11) is -3.44. The molecule has 0 spiro atoms. The van der Waals surface area contributed by atoms with Crippen molar-refractivity contribution in [2.45, 2.75) is 18.7 Å². The van der Waals surface area contributed by atoms with Gasteiger partial charge in [0.2, 0.25) is 15.9 Å². The van der Waals surface area contributed by atoms with Gasteiger partial charge in [0.05, 0.1) is 10.6 Å². The van der Waals surface area contributed by atoms with Crippen molar-refractivity contribution in [2.75, 3.05) is 11.9 Å². The number of aromatic amines is 1. The van der Waals surface area contributed by atoms with Crippen LogP contribution >= 0.6 is 23.6 Å². The molecule has 0 saturated carbocycles. The van der Waals surface area contributed by atoms with E-state index in [4.69, 9.17) is 12.2 Å². The fourth-order valence-corrected chi connectivity index (χ4v) is 4.85. The Morgan fingerprint density at radius 2 is 2.10 bits per heavy atom. The van der Waals surface area contributed by atoms with Crippen LogP contribution in [0.1, 0.15) is 18.5 Å². The zero-order valence-electron chi connectivity index (χ0n) is 16.2. The van der Waals surface area contributed by atoms with Crippen molar-refractivity contribution in [2.24, 2.45) is 0 Å². The van der Waals surface area contributed by atoms with E-state index in [0.717, 1.165) is 4.88 Å². The second-order valence-electron chi connectivity index (χ2n) is 6.46. The molecule has 0 fully saturated rings. The Kier molecular flexibility index (Phi) is 6.98. The summed E-state index contributed by atoms with van der Waals surface area (Å²) < 4.78 is 28.4. The van der Waals surface area contributed by atoms with E-state index in [9.17, 15) is 13.2 Å². The third-order valence-electron chi connectivity index (χ3n) is 4.24. The molecular weight excluding hydrogens is 442 g/mol. The van der Waals surface area contributed by atoms with E-state index >= 15 is 0 Å². The molecule has 1 atom stereocenters. The number of hydrogen-bond acceptors (Lipinski definition) is 6. The maximum absolute atomic E-state index is 12.8. The highest BCUT2D eigenvalue weighted by molar-refractivity contribution is 7.88. The van der Waals surface area contributed by atoms with Crippen LogP contribution in [0.3, 0.4) is 0 Å². The summed E-state index contributed by atoms with van der Waals surface area (Å²) in [6.45, 7) is 5.41. The van der Waals surface area contributed by atoms with Crippen molar-refractivity contribution in [1.82, 2.24) is 19.5 Å². The molecule has 2 heterocycles. The van der Waals surface area contributed by atoms with Gasteiger partial charge < -0.3 is 5.32 Å². The number of carbonyl (C=O) groups excluding carboxylic acids is 1. The summed E-state index contributed by atoms with van der Waals surface area (Å²) in [4.78, 5) is 13.7. The van der Waals surface area contributed by atoms with E-state index in [2.05, 4.69) is 26.8 Å². The van der Waals surface area contributed by atoms with Crippen LogP contribution in [0.5, 0.6) is 0 Å². The Bertz CT molecular complexity index is 1180. The number of nitrogens with one attached hydrogen (secondary N) is 3. The summed E-state index contributed by atoms with van der Waals surface area (Å²) in [6, 6.07) is 9.86. The number of nitrogens with zero attached hydrogens (tertiary/aromatic N) is 2. The lowest BCUT2D eigenvalue weighted by Crippen LogP contribution is -2.25. The van der Waals surface area contributed by atoms with Crippen LogP contribution < -0.4 is 10.0 Å². The lowest BCUT2D eigenvalue weighted by Gasteiger charge is -2.15. The van der Waals surface area contributed by atoms with E-state index in [-0.39, 0.29) is 18.2 Å². The van der Waals surface area contributed by atoms with Gasteiger partial charge in [0, 0.05) is 12.2 Å². The molecule has 3 aromatic rings. The topological polar surface area (TPSA) is 109 Å². The Labute approximate surface area is 183 Å². The number of carbonyl (C=O) groups is 1. The second-order valence-corrected chi connectivity index (χ2v) is 9.60. The number of H-pyrrole nitrogens is 1. The predicted octanol–water partition coefficient (Wildman–Crippen LogP) is 3.47. The maximum atomic E-state index is 12.8. The lowest BCUT2D eigenvalue weighted by molar-refractivity contribution is -0.118. The van der Waals surface area contributed by atoms with Gasteiger partial charge >= 0.3 is 0 Å². The van der Waals surface area contributed by atoms with Gasteiger partial charge in [-0.3, -0.25) is 14.5 Å². The van der Waals surface area contributed by atoms with Crippen LogP contribution in [-0.2, 0) is 20.6 Å². The third-order valence-corrected chi connectivity index (χ3v) is 6.71. The molecular formula is C19H21N5O3S3. The molecule has 0 aliphatic carbocycles. The molecule has 11 heteroatoms. The second kappa shape index (κ2) is 9.47. The number of thiophene rings is 1. The number of benzene rings is 1. The minimum atomic E-state index is -3.44. The zero-order valence-corrected chi connectivity index (χ0v) is 18.6. The molecule has 3 rings (SSSR count). The molecule has 158 valence electrons. The Morgan fingerprint density at radius 1 is 1.37 bits per heavy atom. The van der Waals surface area contributed by atoms with Gasteiger partial charge in [-0.05, 0) is 48.3 Å². The molecule has 2 aromatic heterocycles. The molecule has 0 aliphatic rings. The summed E-state index contributed by atoms with van der Waals surface area (Å²) in [5.74, 6) is 0.184. The van der Waals surface area contributed by atoms with Crippen LogP contribution in [0.2, 0.25) is 0 Å². The van der Waals surface area contributed by atoms with Gasteiger partial charge in [0.1, 0.15) is 6.04 Å². The van der Waals surface area contributed by atoms with Crippen molar-refractivity contribution >= 4 is 45.2 Å². The number of amides is 1. The monoisotopic (exact) mass is 463 g/mol. The zero-order chi connectivity index (χ0) is 21.7. The van der Waals surface area contributed by atoms with Gasteiger partial charge in [-0.15, -0.1) is 17.9 Å². The summed E-state index contributed by atoms with van der Waals surface area (Å²) in [5, 5.41) is 11.7. The normalized spacial score (nSPS) is 12.4. The summed E-state index contributed by atoms with van der Waals surface area (Å²) >= 11 is 6.81. The minimum Gasteiger partial charge on any atom is -0.324 e. The molecule has 8 nitrogen and oxygen atoms in total. The smallest absolute Gasteiger partial charge is 0.247 e. The first-order valence-corrected chi connectivity index (χ1v) is 11.9. The number of aromatic nitrogens is 3. The van der Waals surface area contributed by atoms with Gasteiger partial charge in [0.25, 0.3) is 0 Å². The predicted molar refractivity (Wildman–Crippen MR) is 121 cm³/mol. The van der Waals surface area contributed by atoms with E-state index in [0.29, 0.717) is 21.8 Å². The van der Waals surface area contributed by atoms with Gasteiger partial charge in [-0.1, -0.05) is 24.3 Å². The Morgan fingerprint density at radius 3 is 2.73 bits per heavy atom. The number of hydrogen-bond donors (Lipinski definition) is 3. The fraction of sp³-hybridized carbons (Fsp3) is 0.211. The summed E-state index contributed by atoms with van der Waals surface area (Å²) in [5.41, 5.74) is 1.16. The minimum absolute atomic E-state index is 0.153. The van der Waals surface area contributed by atoms with Crippen LogP contribution in [-0.4, -0.2) is 35.6 Å². The van der Waals surface area contributed by atoms with E-state index < -0.39 is 16.1 Å². The molecule has 30 heavy (non-hydrogen) atoms. The first kappa shape index (κ1) is 22.1. The molecule has 1 unspecified atom stereocenters. The van der Waals surface area contributed by atoms with Crippen LogP contribution in [0.15, 0.2) is 54.4 Å². The van der Waals surface area contributed by atoms with Crippen LogP contribution in [0.25, 0.3) is 10.7 Å². The number of sulfonamides is 1. The lowest BCUT2D eigenvalue weighted by atomic mass is 10.2. The van der Waals surface area contributed by atoms with Crippen molar-refractivity contribution in [3.8, 4) is 10.7 Å². The number of anilines is 1. The quantitative estimate of drug-likeness (QED) is 0.333. The van der Waals surface area contributed by atoms with E-state index in [1.165, 1.54) is 17.4 Å². The molecule has 1 amide bonds. The SMILES string of the molecule is C=CCNS(=O)(=O)Cc1ccc(NC(=O)C(C)n2c(-c3cccs3)n[nH]c2=S)cc1. The molecule has 3 N–H and O–H groups in total. The highest BCUT2D eigenvalue weighted by Crippen LogP contribution is 2.26. The average Bonchev–Trinajstić information content (AvgIpc) is 3.36. The van der Waals surface area contributed by atoms with Gasteiger partial charge in [-0.2, -0.15) is 5.10 Å². The Hall–Kier alpha value is -2.60. The highest BCUT2D eigenvalue weighted by atomic mass is 32.2. The van der Waals surface area contributed by atoms with Crippen molar-refractivity contribution in [3.05, 3.63) is 64.8 Å². The summed E-state index contributed by atoms with van der Waals surface area (Å²) in [6.07, 6.45) is 1.48. The standard InChI is InChI=1S/C19H21N5O3S3/c1-3-10-20-30(26,27)12-14-6-8-15(9-7-14)21-18(25)13(2)24-17(22-23-19(24)28)16-5-4-11-29-16/h3-9,11,13,20H,1,10,12H2,2H3,(H,21,25)(H,23,28). The third kappa shape index (κ3) is 5.30. The molecule has 0 radical (unpaired) electrons. The Balaban J connectivity index is 1.70. The van der Waals surface area contributed by atoms with Gasteiger partial charge in [0.15, 0.2) is 10.6 Å². The van der Waals surface area contributed by atoms with Crippen LogP contribution in [0.4, 0.5) is 5.69 Å². The van der Waals surface area contributed by atoms with Crippen molar-refractivity contribution in [3.63, 3.8) is 0 Å². The van der Waals surface area contributed by atoms with Crippen molar-refractivity contribution in [1.29, 1.82) is 0 Å². The number of rotatable bonds is 9. The van der Waals surface area contributed by atoms with Gasteiger partial charge in [-0.25, -0.2) is 13.1 Å². The first-order valence-electron chi connectivity index (χ1n) is 8.99. The van der Waals surface area contributed by atoms with Crippen molar-refractivity contribution < 1.29 is 13.2 Å².